The molecule has 2 nitrogen and oxygen atoms in total. The molecular weight excluding hydrogens is 246 g/mol. The average molecular weight is 277 g/mol. The first-order valence-corrected chi connectivity index (χ1v) is 8.04. The molecule has 0 bridgehead atoms. The number of aryl methyl sites for hydroxylation is 1. The van der Waals surface area contributed by atoms with E-state index < -0.39 is 0 Å². The Bertz CT molecular complexity index is 376. The molecule has 0 fully saturated rings. The molecule has 0 radical (unpaired) electrons. The van der Waals surface area contributed by atoms with Crippen molar-refractivity contribution in [3.63, 3.8) is 0 Å². The first-order valence-electron chi connectivity index (χ1n) is 8.04. The molecule has 0 aliphatic carbocycles. The Labute approximate surface area is 124 Å². The van der Waals surface area contributed by atoms with Crippen LogP contribution >= 0.6 is 0 Å². The maximum atomic E-state index is 5.33. The van der Waals surface area contributed by atoms with E-state index in [9.17, 15) is 0 Å². The zero-order valence-corrected chi connectivity index (χ0v) is 13.7. The van der Waals surface area contributed by atoms with Gasteiger partial charge in [0.1, 0.15) is 5.75 Å². The van der Waals surface area contributed by atoms with Crippen molar-refractivity contribution in [1.29, 1.82) is 0 Å². The van der Waals surface area contributed by atoms with Crippen molar-refractivity contribution in [3.8, 4) is 5.75 Å². The van der Waals surface area contributed by atoms with Crippen molar-refractivity contribution in [2.75, 3.05) is 14.2 Å². The van der Waals surface area contributed by atoms with Gasteiger partial charge in [0.05, 0.1) is 7.11 Å². The zero-order chi connectivity index (χ0) is 14.8. The minimum absolute atomic E-state index is 0.464. The van der Waals surface area contributed by atoms with Crippen LogP contribution in [-0.4, -0.2) is 14.2 Å². The second-order valence-electron chi connectivity index (χ2n) is 5.63. The highest BCUT2D eigenvalue weighted by molar-refractivity contribution is 5.37. The van der Waals surface area contributed by atoms with E-state index in [1.54, 1.807) is 7.11 Å². The summed E-state index contributed by atoms with van der Waals surface area (Å²) in [7, 11) is 3.79. The fourth-order valence-electron chi connectivity index (χ4n) is 2.72. The van der Waals surface area contributed by atoms with Crippen LogP contribution < -0.4 is 10.1 Å². The van der Waals surface area contributed by atoms with E-state index in [-0.39, 0.29) is 0 Å². The van der Waals surface area contributed by atoms with Crippen LogP contribution in [0.4, 0.5) is 0 Å². The van der Waals surface area contributed by atoms with E-state index in [1.807, 2.05) is 0 Å². The summed E-state index contributed by atoms with van der Waals surface area (Å²) < 4.78 is 5.33. The summed E-state index contributed by atoms with van der Waals surface area (Å²) in [5, 5.41) is 3.44. The summed E-state index contributed by atoms with van der Waals surface area (Å²) in [6.45, 7) is 4.38. The Hall–Kier alpha value is -1.02. The van der Waals surface area contributed by atoms with Gasteiger partial charge >= 0.3 is 0 Å². The Kier molecular flexibility index (Phi) is 8.36. The molecule has 0 spiro atoms. The van der Waals surface area contributed by atoms with Crippen molar-refractivity contribution < 1.29 is 4.74 Å². The summed E-state index contributed by atoms with van der Waals surface area (Å²) in [6, 6.07) is 6.98. The van der Waals surface area contributed by atoms with Crippen molar-refractivity contribution in [1.82, 2.24) is 5.32 Å². The maximum absolute atomic E-state index is 5.33. The molecule has 2 heteroatoms. The number of ether oxygens (including phenoxy) is 1. The largest absolute Gasteiger partial charge is 0.496 e. The molecule has 1 N–H and O–H groups in total. The third kappa shape index (κ3) is 5.54. The first kappa shape index (κ1) is 17.0. The Balaban J connectivity index is 2.43. The number of unbranched alkanes of at least 4 members (excludes halogenated alkanes) is 5. The molecule has 1 aromatic carbocycles. The maximum Gasteiger partial charge on any atom is 0.121 e. The van der Waals surface area contributed by atoms with Crippen LogP contribution in [0.15, 0.2) is 18.2 Å². The molecule has 1 unspecified atom stereocenters. The number of benzene rings is 1. The van der Waals surface area contributed by atoms with E-state index in [0.29, 0.717) is 6.04 Å². The highest BCUT2D eigenvalue weighted by Gasteiger charge is 2.10. The van der Waals surface area contributed by atoms with Gasteiger partial charge in [0.2, 0.25) is 0 Å². The Morgan fingerprint density at radius 1 is 1.10 bits per heavy atom. The van der Waals surface area contributed by atoms with Gasteiger partial charge in [-0.1, -0.05) is 57.6 Å². The summed E-state index contributed by atoms with van der Waals surface area (Å²) >= 11 is 0. The van der Waals surface area contributed by atoms with Crippen LogP contribution in [0.3, 0.4) is 0 Å². The van der Waals surface area contributed by atoms with Crippen molar-refractivity contribution >= 4 is 0 Å². The lowest BCUT2D eigenvalue weighted by molar-refractivity contribution is 0.411. The fourth-order valence-corrected chi connectivity index (χ4v) is 2.72. The van der Waals surface area contributed by atoms with Crippen LogP contribution in [0.5, 0.6) is 5.75 Å². The molecule has 1 aromatic rings. The molecule has 1 rings (SSSR count). The van der Waals surface area contributed by atoms with Crippen LogP contribution in [-0.2, 0) is 0 Å². The molecule has 0 aliphatic rings. The minimum Gasteiger partial charge on any atom is -0.496 e. The quantitative estimate of drug-likeness (QED) is 0.607. The Morgan fingerprint density at radius 3 is 2.40 bits per heavy atom. The summed E-state index contributed by atoms with van der Waals surface area (Å²) in [6.07, 6.45) is 9.35. The highest BCUT2D eigenvalue weighted by Crippen LogP contribution is 2.25. The summed E-state index contributed by atoms with van der Waals surface area (Å²) in [4.78, 5) is 0. The molecule has 0 saturated heterocycles. The van der Waals surface area contributed by atoms with Gasteiger partial charge in [-0.15, -0.1) is 0 Å². The summed E-state index contributed by atoms with van der Waals surface area (Å²) in [5.41, 5.74) is 2.59. The number of hydrogen-bond acceptors (Lipinski definition) is 2. The van der Waals surface area contributed by atoms with Crippen LogP contribution in [0.1, 0.15) is 69.0 Å². The molecular formula is C18H31NO. The smallest absolute Gasteiger partial charge is 0.121 e. The van der Waals surface area contributed by atoms with Crippen molar-refractivity contribution in [3.05, 3.63) is 29.3 Å². The summed E-state index contributed by atoms with van der Waals surface area (Å²) in [5.74, 6) is 0.975. The fraction of sp³-hybridized carbons (Fsp3) is 0.667. The second-order valence-corrected chi connectivity index (χ2v) is 5.63. The van der Waals surface area contributed by atoms with E-state index in [0.717, 1.165) is 5.75 Å². The van der Waals surface area contributed by atoms with E-state index in [4.69, 9.17) is 4.74 Å². The van der Waals surface area contributed by atoms with Gasteiger partial charge in [0.15, 0.2) is 0 Å². The predicted octanol–water partition coefficient (Wildman–Crippen LogP) is 5.01. The third-order valence-corrected chi connectivity index (χ3v) is 4.02. The van der Waals surface area contributed by atoms with Gasteiger partial charge in [-0.05, 0) is 37.6 Å². The lowest BCUT2D eigenvalue weighted by atomic mass is 9.98. The number of methoxy groups -OCH3 is 1. The van der Waals surface area contributed by atoms with Crippen LogP contribution in [0, 0.1) is 6.92 Å². The molecule has 0 aromatic heterocycles. The van der Waals surface area contributed by atoms with E-state index in [1.165, 1.54) is 56.1 Å². The average Bonchev–Trinajstić information content (AvgIpc) is 2.46. The molecule has 20 heavy (non-hydrogen) atoms. The second kappa shape index (κ2) is 9.82. The number of hydrogen-bond donors (Lipinski definition) is 1. The molecule has 114 valence electrons. The number of nitrogens with one attached hydrogen (secondary N) is 1. The highest BCUT2D eigenvalue weighted by atomic mass is 16.5. The SMILES string of the molecule is CCCCCCCCC(NC)c1ccc(OC)c(C)c1. The predicted molar refractivity (Wildman–Crippen MR) is 87.5 cm³/mol. The first-order chi connectivity index (χ1) is 9.72. The lowest BCUT2D eigenvalue weighted by Crippen LogP contribution is -2.16. The van der Waals surface area contributed by atoms with Crippen LogP contribution in [0.25, 0.3) is 0 Å². The molecule has 0 saturated carbocycles. The van der Waals surface area contributed by atoms with Crippen molar-refractivity contribution in [2.24, 2.45) is 0 Å². The standard InChI is InChI=1S/C18H31NO/c1-5-6-7-8-9-10-11-17(19-3)16-12-13-18(20-4)15(2)14-16/h12-14,17,19H,5-11H2,1-4H3. The molecule has 1 atom stereocenters. The topological polar surface area (TPSA) is 21.3 Å². The van der Waals surface area contributed by atoms with Gasteiger partial charge in [0.25, 0.3) is 0 Å². The van der Waals surface area contributed by atoms with Gasteiger partial charge in [0, 0.05) is 6.04 Å². The molecule has 0 amide bonds. The molecule has 0 heterocycles. The third-order valence-electron chi connectivity index (χ3n) is 4.02. The van der Waals surface area contributed by atoms with Crippen LogP contribution in [0.2, 0.25) is 0 Å². The van der Waals surface area contributed by atoms with E-state index in [2.05, 4.69) is 44.4 Å². The minimum atomic E-state index is 0.464. The van der Waals surface area contributed by atoms with Crippen molar-refractivity contribution in [2.45, 2.75) is 64.8 Å². The van der Waals surface area contributed by atoms with E-state index >= 15 is 0 Å². The molecule has 0 aliphatic heterocycles. The van der Waals surface area contributed by atoms with Gasteiger partial charge in [-0.2, -0.15) is 0 Å². The number of rotatable bonds is 10. The monoisotopic (exact) mass is 277 g/mol. The lowest BCUT2D eigenvalue weighted by Gasteiger charge is -2.18. The van der Waals surface area contributed by atoms with Gasteiger partial charge in [-0.25, -0.2) is 0 Å². The van der Waals surface area contributed by atoms with Gasteiger partial charge in [-0.3, -0.25) is 0 Å². The van der Waals surface area contributed by atoms with Gasteiger partial charge < -0.3 is 10.1 Å². The normalized spacial score (nSPS) is 12.4. The zero-order valence-electron chi connectivity index (χ0n) is 13.7. The Morgan fingerprint density at radius 2 is 1.80 bits per heavy atom.